The minimum Gasteiger partial charge on any atom is -0.464 e. The average Bonchev–Trinajstić information content (AvgIpc) is 2.86. The molecule has 1 aliphatic heterocycles. The molecule has 1 atom stereocenters. The summed E-state index contributed by atoms with van der Waals surface area (Å²) in [5, 5.41) is 14.3. The lowest BCUT2D eigenvalue weighted by Gasteiger charge is -2.33. The number of rotatable bonds is 12. The van der Waals surface area contributed by atoms with Gasteiger partial charge in [-0.1, -0.05) is 43.5 Å². The molecule has 188 valence electrons. The molecule has 0 unspecified atom stereocenters. The molecule has 10 nitrogen and oxygen atoms in total. The van der Waals surface area contributed by atoms with Crippen LogP contribution in [0.2, 0.25) is 0 Å². The molecular formula is C24H36N4O6. The van der Waals surface area contributed by atoms with Crippen LogP contribution in [0, 0.1) is 0 Å². The third-order valence-electron chi connectivity index (χ3n) is 5.72. The number of unbranched alkanes of at least 4 members (excludes halogenated alkanes) is 3. The van der Waals surface area contributed by atoms with Gasteiger partial charge in [0.05, 0.1) is 12.7 Å². The van der Waals surface area contributed by atoms with Crippen LogP contribution in [-0.4, -0.2) is 72.2 Å². The topological polar surface area (TPSA) is 144 Å². The molecule has 1 aromatic rings. The number of esters is 1. The van der Waals surface area contributed by atoms with Crippen LogP contribution in [0.3, 0.4) is 0 Å². The van der Waals surface area contributed by atoms with Gasteiger partial charge >= 0.3 is 5.97 Å². The van der Waals surface area contributed by atoms with Crippen LogP contribution in [0.5, 0.6) is 0 Å². The van der Waals surface area contributed by atoms with Gasteiger partial charge in [0.2, 0.25) is 5.91 Å². The number of amides is 2. The van der Waals surface area contributed by atoms with Gasteiger partial charge in [0, 0.05) is 24.2 Å². The van der Waals surface area contributed by atoms with Gasteiger partial charge in [-0.3, -0.25) is 9.59 Å². The summed E-state index contributed by atoms with van der Waals surface area (Å²) in [5.74, 6) is -0.974. The van der Waals surface area contributed by atoms with Gasteiger partial charge in [0.25, 0.3) is 5.91 Å². The maximum absolute atomic E-state index is 12.7. The van der Waals surface area contributed by atoms with E-state index in [1.54, 1.807) is 36.1 Å². The van der Waals surface area contributed by atoms with Crippen LogP contribution < -0.4 is 11.1 Å². The summed E-state index contributed by atoms with van der Waals surface area (Å²) in [6, 6.07) is 5.50. The van der Waals surface area contributed by atoms with E-state index in [2.05, 4.69) is 17.4 Å². The molecule has 2 amide bonds. The monoisotopic (exact) mass is 476 g/mol. The Kier molecular flexibility index (Phi) is 11.3. The zero-order valence-corrected chi connectivity index (χ0v) is 20.0. The fourth-order valence-electron chi connectivity index (χ4n) is 3.65. The predicted octanol–water partition coefficient (Wildman–Crippen LogP) is 2.03. The van der Waals surface area contributed by atoms with E-state index >= 15 is 0 Å². The summed E-state index contributed by atoms with van der Waals surface area (Å²) in [7, 11) is 0. The SMILES string of the molecule is CCCCCCOC(=O)COC1CCN(C(=O)[C@H](C)NC(=O)c2ccc(/C(N)=N/O)cc2)CC1. The normalized spacial score (nSPS) is 15.6. The van der Waals surface area contributed by atoms with Crippen molar-refractivity contribution in [3.05, 3.63) is 35.4 Å². The largest absolute Gasteiger partial charge is 0.464 e. The Bertz CT molecular complexity index is 834. The van der Waals surface area contributed by atoms with Gasteiger partial charge in [-0.05, 0) is 38.3 Å². The van der Waals surface area contributed by atoms with Crippen molar-refractivity contribution in [3.8, 4) is 0 Å². The first-order valence-corrected chi connectivity index (χ1v) is 11.8. The highest BCUT2D eigenvalue weighted by molar-refractivity contribution is 6.00. The van der Waals surface area contributed by atoms with E-state index in [1.807, 2.05) is 0 Å². The second-order valence-corrected chi connectivity index (χ2v) is 8.37. The smallest absolute Gasteiger partial charge is 0.332 e. The van der Waals surface area contributed by atoms with Crippen molar-refractivity contribution in [1.29, 1.82) is 0 Å². The molecular weight excluding hydrogens is 440 g/mol. The molecule has 0 spiro atoms. The average molecular weight is 477 g/mol. The van der Waals surface area contributed by atoms with E-state index in [-0.39, 0.29) is 30.4 Å². The van der Waals surface area contributed by atoms with Crippen LogP contribution in [0.1, 0.15) is 68.3 Å². The number of hydrogen-bond donors (Lipinski definition) is 3. The summed E-state index contributed by atoms with van der Waals surface area (Å²) < 4.78 is 10.8. The van der Waals surface area contributed by atoms with Gasteiger partial charge in [-0.15, -0.1) is 0 Å². The van der Waals surface area contributed by atoms with Crippen LogP contribution in [0.25, 0.3) is 0 Å². The fourth-order valence-corrected chi connectivity index (χ4v) is 3.65. The number of ether oxygens (including phenoxy) is 2. The quantitative estimate of drug-likeness (QED) is 0.105. The standard InChI is InChI=1S/C24H36N4O6/c1-3-4-5-6-15-33-21(29)16-34-20-11-13-28(14-12-20)24(31)17(2)26-23(30)19-9-7-18(8-10-19)22(25)27-32/h7-10,17,20,32H,3-6,11-16H2,1-2H3,(H2,25,27)(H,26,30)/t17-/m0/s1. The molecule has 1 heterocycles. The Morgan fingerprint density at radius 1 is 1.15 bits per heavy atom. The number of carbonyl (C=O) groups excluding carboxylic acids is 3. The van der Waals surface area contributed by atoms with E-state index in [9.17, 15) is 14.4 Å². The van der Waals surface area contributed by atoms with Crippen LogP contribution in [0.4, 0.5) is 0 Å². The number of carbonyl (C=O) groups is 3. The molecule has 0 aliphatic carbocycles. The van der Waals surface area contributed by atoms with Gasteiger partial charge in [0.1, 0.15) is 12.6 Å². The minimum absolute atomic E-state index is 0.0535. The molecule has 2 rings (SSSR count). The van der Waals surface area contributed by atoms with Gasteiger partial charge in [0.15, 0.2) is 5.84 Å². The zero-order chi connectivity index (χ0) is 24.9. The first-order chi connectivity index (χ1) is 16.3. The van der Waals surface area contributed by atoms with Crippen LogP contribution in [-0.2, 0) is 19.1 Å². The molecule has 0 saturated carbocycles. The summed E-state index contributed by atoms with van der Waals surface area (Å²) in [5.41, 5.74) is 6.36. The zero-order valence-electron chi connectivity index (χ0n) is 20.0. The van der Waals surface area contributed by atoms with Gasteiger partial charge in [-0.25, -0.2) is 4.79 Å². The molecule has 4 N–H and O–H groups in total. The highest BCUT2D eigenvalue weighted by atomic mass is 16.6. The Hall–Kier alpha value is -3.14. The highest BCUT2D eigenvalue weighted by Crippen LogP contribution is 2.15. The number of hydrogen-bond acceptors (Lipinski definition) is 7. The van der Waals surface area contributed by atoms with E-state index in [4.69, 9.17) is 20.4 Å². The first kappa shape index (κ1) is 27.1. The third-order valence-corrected chi connectivity index (χ3v) is 5.72. The van der Waals surface area contributed by atoms with Crippen LogP contribution >= 0.6 is 0 Å². The van der Waals surface area contributed by atoms with Crippen LogP contribution in [0.15, 0.2) is 29.4 Å². The molecule has 1 saturated heterocycles. The van der Waals surface area contributed by atoms with Crippen molar-refractivity contribution in [2.45, 2.75) is 64.5 Å². The Morgan fingerprint density at radius 2 is 1.79 bits per heavy atom. The van der Waals surface area contributed by atoms with E-state index in [0.29, 0.717) is 43.7 Å². The minimum atomic E-state index is -0.698. The maximum Gasteiger partial charge on any atom is 0.332 e. The van der Waals surface area contributed by atoms with Crippen molar-refractivity contribution in [2.24, 2.45) is 10.9 Å². The van der Waals surface area contributed by atoms with Crippen molar-refractivity contribution >= 4 is 23.6 Å². The Morgan fingerprint density at radius 3 is 2.41 bits per heavy atom. The second kappa shape index (κ2) is 14.2. The Balaban J connectivity index is 1.70. The highest BCUT2D eigenvalue weighted by Gasteiger charge is 2.27. The van der Waals surface area contributed by atoms with Crippen molar-refractivity contribution in [3.63, 3.8) is 0 Å². The first-order valence-electron chi connectivity index (χ1n) is 11.8. The van der Waals surface area contributed by atoms with E-state index in [1.165, 1.54) is 0 Å². The van der Waals surface area contributed by atoms with Crippen molar-refractivity contribution < 1.29 is 29.1 Å². The molecule has 1 aliphatic rings. The molecule has 1 fully saturated rings. The van der Waals surface area contributed by atoms with E-state index < -0.39 is 11.9 Å². The summed E-state index contributed by atoms with van der Waals surface area (Å²) >= 11 is 0. The molecule has 10 heteroatoms. The fraction of sp³-hybridized carbons (Fsp3) is 0.583. The number of nitrogens with zero attached hydrogens (tertiary/aromatic N) is 2. The predicted molar refractivity (Wildman–Crippen MR) is 127 cm³/mol. The molecule has 0 radical (unpaired) electrons. The number of likely N-dealkylation sites (tertiary alicyclic amines) is 1. The number of piperidine rings is 1. The molecule has 0 bridgehead atoms. The summed E-state index contributed by atoms with van der Waals surface area (Å²) in [6.45, 7) is 5.10. The summed E-state index contributed by atoms with van der Waals surface area (Å²) in [6.07, 6.45) is 5.32. The third kappa shape index (κ3) is 8.66. The van der Waals surface area contributed by atoms with Crippen molar-refractivity contribution in [2.75, 3.05) is 26.3 Å². The number of benzene rings is 1. The lowest BCUT2D eigenvalue weighted by atomic mass is 10.1. The number of oxime groups is 1. The molecule has 34 heavy (non-hydrogen) atoms. The lowest BCUT2D eigenvalue weighted by Crippen LogP contribution is -2.50. The van der Waals surface area contributed by atoms with E-state index in [0.717, 1.165) is 25.7 Å². The maximum atomic E-state index is 12.7. The molecule has 0 aromatic heterocycles. The number of nitrogens with two attached hydrogens (primary N) is 1. The van der Waals surface area contributed by atoms with Gasteiger partial charge in [-0.2, -0.15) is 0 Å². The molecule has 1 aromatic carbocycles. The van der Waals surface area contributed by atoms with Gasteiger partial charge < -0.3 is 30.6 Å². The second-order valence-electron chi connectivity index (χ2n) is 8.37. The Labute approximate surface area is 200 Å². The number of amidine groups is 1. The summed E-state index contributed by atoms with van der Waals surface area (Å²) in [4.78, 5) is 38.7. The number of nitrogens with one attached hydrogen (secondary N) is 1. The lowest BCUT2D eigenvalue weighted by molar-refractivity contribution is -0.153. The van der Waals surface area contributed by atoms with Crippen molar-refractivity contribution in [1.82, 2.24) is 10.2 Å².